The fourth-order valence-electron chi connectivity index (χ4n) is 1.83. The Hall–Kier alpha value is -1.35. The fraction of sp³-hybridized carbons (Fsp3) is 0.562. The first kappa shape index (κ1) is 15.7. The molecule has 0 saturated carbocycles. The topological polar surface area (TPSA) is 35.5 Å². The summed E-state index contributed by atoms with van der Waals surface area (Å²) in [5.74, 6) is -0.418. The van der Waals surface area contributed by atoms with Crippen LogP contribution in [0.1, 0.15) is 61.9 Å². The monoisotopic (exact) mass is 264 g/mol. The van der Waals surface area contributed by atoms with Crippen LogP contribution in [0.15, 0.2) is 24.3 Å². The molecule has 0 atom stereocenters. The van der Waals surface area contributed by atoms with Gasteiger partial charge in [-0.05, 0) is 30.5 Å². The lowest BCUT2D eigenvalue weighted by molar-refractivity contribution is -0.241. The zero-order valence-electron chi connectivity index (χ0n) is 12.0. The minimum Gasteiger partial charge on any atom is -0.293 e. The van der Waals surface area contributed by atoms with Gasteiger partial charge in [0.15, 0.2) is 0 Å². The molecule has 1 aromatic carbocycles. The number of carbonyl (C=O) groups is 1. The summed E-state index contributed by atoms with van der Waals surface area (Å²) in [7, 11) is 0. The molecule has 0 aromatic heterocycles. The molecule has 1 rings (SSSR count). The van der Waals surface area contributed by atoms with Crippen molar-refractivity contribution in [2.75, 3.05) is 6.61 Å². The summed E-state index contributed by atoms with van der Waals surface area (Å²) in [6.07, 6.45) is 6.55. The van der Waals surface area contributed by atoms with E-state index in [2.05, 4.69) is 13.8 Å². The molecule has 0 amide bonds. The molecule has 19 heavy (non-hydrogen) atoms. The number of hydrogen-bond acceptors (Lipinski definition) is 3. The third kappa shape index (κ3) is 6.39. The predicted octanol–water partition coefficient (Wildman–Crippen LogP) is 4.31. The van der Waals surface area contributed by atoms with Crippen molar-refractivity contribution in [1.82, 2.24) is 0 Å². The van der Waals surface area contributed by atoms with Crippen molar-refractivity contribution in [3.63, 3.8) is 0 Å². The van der Waals surface area contributed by atoms with Crippen LogP contribution in [0.2, 0.25) is 0 Å². The van der Waals surface area contributed by atoms with Crippen molar-refractivity contribution >= 4 is 5.97 Å². The lowest BCUT2D eigenvalue weighted by atomic mass is 10.1. The van der Waals surface area contributed by atoms with Crippen LogP contribution in [0.4, 0.5) is 0 Å². The fourth-order valence-corrected chi connectivity index (χ4v) is 1.83. The Labute approximate surface area is 115 Å². The molecule has 0 fully saturated rings. The summed E-state index contributed by atoms with van der Waals surface area (Å²) in [4.78, 5) is 21.3. The quantitative estimate of drug-likeness (QED) is 0.379. The van der Waals surface area contributed by atoms with Gasteiger partial charge in [0.1, 0.15) is 0 Å². The van der Waals surface area contributed by atoms with Gasteiger partial charge in [-0.3, -0.25) is 4.89 Å². The molecule has 0 aliphatic heterocycles. The first-order valence-electron chi connectivity index (χ1n) is 7.20. The zero-order valence-corrected chi connectivity index (χ0v) is 12.0. The van der Waals surface area contributed by atoms with Gasteiger partial charge in [-0.25, -0.2) is 4.79 Å². The molecule has 0 heterocycles. The molecule has 106 valence electrons. The van der Waals surface area contributed by atoms with Gasteiger partial charge in [-0.15, -0.1) is 0 Å². The Morgan fingerprint density at radius 2 is 1.74 bits per heavy atom. The van der Waals surface area contributed by atoms with Gasteiger partial charge >= 0.3 is 5.97 Å². The van der Waals surface area contributed by atoms with Crippen LogP contribution in [0.3, 0.4) is 0 Å². The molecule has 0 unspecified atom stereocenters. The van der Waals surface area contributed by atoms with Crippen molar-refractivity contribution in [3.05, 3.63) is 35.4 Å². The molecular weight excluding hydrogens is 240 g/mol. The maximum absolute atomic E-state index is 11.7. The molecule has 3 nitrogen and oxygen atoms in total. The summed E-state index contributed by atoms with van der Waals surface area (Å²) in [5.41, 5.74) is 1.77. The molecule has 0 spiro atoms. The third-order valence-electron chi connectivity index (χ3n) is 2.94. The maximum atomic E-state index is 11.7. The van der Waals surface area contributed by atoms with E-state index in [9.17, 15) is 4.79 Å². The second-order valence-electron chi connectivity index (χ2n) is 4.70. The molecule has 0 aliphatic rings. The second kappa shape index (κ2) is 9.56. The highest BCUT2D eigenvalue weighted by molar-refractivity contribution is 5.88. The van der Waals surface area contributed by atoms with Crippen LogP contribution in [0.5, 0.6) is 0 Å². The van der Waals surface area contributed by atoms with E-state index in [4.69, 9.17) is 9.78 Å². The van der Waals surface area contributed by atoms with E-state index < -0.39 is 5.97 Å². The Morgan fingerprint density at radius 1 is 1.00 bits per heavy atom. The molecule has 0 aliphatic carbocycles. The molecule has 0 N–H and O–H groups in total. The molecule has 0 radical (unpaired) electrons. The normalized spacial score (nSPS) is 10.4. The standard InChI is InChI=1S/C16H24O3/c1-3-5-6-7-13-18-19-16(17)15-11-9-14(8-4-2)10-12-15/h9-12H,3-8,13H2,1-2H3. The SMILES string of the molecule is CCCCCCOOC(=O)c1ccc(CCC)cc1. The minimum absolute atomic E-state index is 0.418. The van der Waals surface area contributed by atoms with E-state index in [-0.39, 0.29) is 0 Å². The molecular formula is C16H24O3. The van der Waals surface area contributed by atoms with Gasteiger partial charge in [0.05, 0.1) is 12.2 Å². The summed E-state index contributed by atoms with van der Waals surface area (Å²) in [5, 5.41) is 0. The zero-order chi connectivity index (χ0) is 13.9. The molecule has 0 bridgehead atoms. The largest absolute Gasteiger partial charge is 0.373 e. The summed E-state index contributed by atoms with van der Waals surface area (Å²) in [6, 6.07) is 7.49. The predicted molar refractivity (Wildman–Crippen MR) is 75.9 cm³/mol. The van der Waals surface area contributed by atoms with Crippen LogP contribution >= 0.6 is 0 Å². The van der Waals surface area contributed by atoms with E-state index in [0.29, 0.717) is 12.2 Å². The van der Waals surface area contributed by atoms with Crippen LogP contribution in [-0.4, -0.2) is 12.6 Å². The van der Waals surface area contributed by atoms with E-state index >= 15 is 0 Å². The summed E-state index contributed by atoms with van der Waals surface area (Å²) >= 11 is 0. The summed E-state index contributed by atoms with van der Waals surface area (Å²) < 4.78 is 0. The number of hydrogen-bond donors (Lipinski definition) is 0. The van der Waals surface area contributed by atoms with Gasteiger partial charge in [-0.1, -0.05) is 51.7 Å². The second-order valence-corrected chi connectivity index (χ2v) is 4.70. The first-order chi connectivity index (χ1) is 9.27. The van der Waals surface area contributed by atoms with Gasteiger partial charge in [0.25, 0.3) is 0 Å². The van der Waals surface area contributed by atoms with E-state index in [1.165, 1.54) is 18.4 Å². The van der Waals surface area contributed by atoms with Gasteiger partial charge in [0, 0.05) is 0 Å². The summed E-state index contributed by atoms with van der Waals surface area (Å²) in [6.45, 7) is 4.76. The minimum atomic E-state index is -0.418. The Morgan fingerprint density at radius 3 is 2.37 bits per heavy atom. The molecule has 0 saturated heterocycles. The smallest absolute Gasteiger partial charge is 0.293 e. The van der Waals surface area contributed by atoms with Crippen molar-refractivity contribution in [2.45, 2.75) is 52.4 Å². The molecule has 3 heteroatoms. The van der Waals surface area contributed by atoms with Gasteiger partial charge < -0.3 is 0 Å². The number of benzene rings is 1. The lowest BCUT2D eigenvalue weighted by Gasteiger charge is -2.04. The number of aryl methyl sites for hydroxylation is 1. The number of rotatable bonds is 9. The van der Waals surface area contributed by atoms with E-state index in [1.807, 2.05) is 12.1 Å². The highest BCUT2D eigenvalue weighted by Gasteiger charge is 2.07. The van der Waals surface area contributed by atoms with E-state index in [1.54, 1.807) is 12.1 Å². The molecule has 1 aromatic rings. The van der Waals surface area contributed by atoms with Crippen molar-refractivity contribution in [1.29, 1.82) is 0 Å². The van der Waals surface area contributed by atoms with Crippen LogP contribution in [0, 0.1) is 0 Å². The van der Waals surface area contributed by atoms with Crippen LogP contribution in [0.25, 0.3) is 0 Å². The Balaban J connectivity index is 2.25. The number of unbranched alkanes of at least 4 members (excludes halogenated alkanes) is 3. The van der Waals surface area contributed by atoms with Crippen LogP contribution < -0.4 is 0 Å². The highest BCUT2D eigenvalue weighted by Crippen LogP contribution is 2.08. The van der Waals surface area contributed by atoms with Crippen molar-refractivity contribution < 1.29 is 14.6 Å². The number of carbonyl (C=O) groups excluding carboxylic acids is 1. The van der Waals surface area contributed by atoms with E-state index in [0.717, 1.165) is 25.7 Å². The van der Waals surface area contributed by atoms with Crippen molar-refractivity contribution in [2.24, 2.45) is 0 Å². The Bertz CT molecular complexity index is 357. The highest BCUT2D eigenvalue weighted by atomic mass is 17.2. The first-order valence-corrected chi connectivity index (χ1v) is 7.20. The average molecular weight is 264 g/mol. The third-order valence-corrected chi connectivity index (χ3v) is 2.94. The van der Waals surface area contributed by atoms with Gasteiger partial charge in [-0.2, -0.15) is 4.89 Å². The average Bonchev–Trinajstić information content (AvgIpc) is 2.43. The van der Waals surface area contributed by atoms with Crippen LogP contribution in [-0.2, 0) is 16.2 Å². The van der Waals surface area contributed by atoms with Crippen molar-refractivity contribution in [3.8, 4) is 0 Å². The lowest BCUT2D eigenvalue weighted by Crippen LogP contribution is -2.07. The Kier molecular flexibility index (Phi) is 7.91. The maximum Gasteiger partial charge on any atom is 0.373 e. The van der Waals surface area contributed by atoms with Gasteiger partial charge in [0.2, 0.25) is 0 Å².